The first-order valence-electron chi connectivity index (χ1n) is 5.12. The number of hydrogen-bond donors (Lipinski definition) is 1. The fourth-order valence-electron chi connectivity index (χ4n) is 1.48. The van der Waals surface area contributed by atoms with E-state index in [2.05, 4.69) is 15.3 Å². The predicted molar refractivity (Wildman–Crippen MR) is 66.6 cm³/mol. The van der Waals surface area contributed by atoms with Crippen LogP contribution in [0.4, 0.5) is 5.82 Å². The lowest BCUT2D eigenvalue weighted by atomic mass is 10.1. The highest BCUT2D eigenvalue weighted by Gasteiger charge is 2.06. The molecule has 4 heteroatoms. The molecule has 0 radical (unpaired) electrons. The molecule has 0 aliphatic rings. The molecule has 2 rings (SSSR count). The molecule has 0 fully saturated rings. The number of anilines is 1. The maximum absolute atomic E-state index is 5.96. The van der Waals surface area contributed by atoms with Crippen LogP contribution >= 0.6 is 11.6 Å². The van der Waals surface area contributed by atoms with Gasteiger partial charge in [-0.1, -0.05) is 23.7 Å². The molecule has 0 unspecified atom stereocenters. The van der Waals surface area contributed by atoms with Crippen molar-refractivity contribution in [2.45, 2.75) is 6.92 Å². The average Bonchev–Trinajstić information content (AvgIpc) is 2.30. The number of aromatic nitrogens is 2. The average molecular weight is 234 g/mol. The Balaban J connectivity index is 2.46. The minimum absolute atomic E-state index is 0.700. The van der Waals surface area contributed by atoms with Crippen molar-refractivity contribution in [2.24, 2.45) is 0 Å². The Labute approximate surface area is 99.5 Å². The summed E-state index contributed by atoms with van der Waals surface area (Å²) in [7, 11) is 0. The number of nitrogens with zero attached hydrogens (tertiary/aromatic N) is 2. The van der Waals surface area contributed by atoms with E-state index >= 15 is 0 Å². The molecule has 0 amide bonds. The SMILES string of the molecule is CCNc1nccnc1-c1cccc(Cl)c1. The number of hydrogen-bond acceptors (Lipinski definition) is 3. The molecule has 1 aromatic carbocycles. The highest BCUT2D eigenvalue weighted by Crippen LogP contribution is 2.25. The number of nitrogens with one attached hydrogen (secondary N) is 1. The molecule has 3 nitrogen and oxygen atoms in total. The van der Waals surface area contributed by atoms with Crippen molar-refractivity contribution in [3.05, 3.63) is 41.7 Å². The Hall–Kier alpha value is -1.61. The summed E-state index contributed by atoms with van der Waals surface area (Å²) in [6, 6.07) is 7.60. The molecule has 0 aliphatic carbocycles. The summed E-state index contributed by atoms with van der Waals surface area (Å²) in [5.74, 6) is 0.785. The summed E-state index contributed by atoms with van der Waals surface area (Å²) in [6.07, 6.45) is 3.35. The van der Waals surface area contributed by atoms with Crippen LogP contribution in [0.15, 0.2) is 36.7 Å². The highest BCUT2D eigenvalue weighted by atomic mass is 35.5. The van der Waals surface area contributed by atoms with Gasteiger partial charge in [-0.2, -0.15) is 0 Å². The molecule has 0 spiro atoms. The smallest absolute Gasteiger partial charge is 0.152 e. The summed E-state index contributed by atoms with van der Waals surface area (Å²) in [5, 5.41) is 3.88. The fourth-order valence-corrected chi connectivity index (χ4v) is 1.67. The predicted octanol–water partition coefficient (Wildman–Crippen LogP) is 3.23. The third-order valence-corrected chi connectivity index (χ3v) is 2.38. The van der Waals surface area contributed by atoms with Crippen molar-refractivity contribution < 1.29 is 0 Å². The Morgan fingerprint density at radius 3 is 2.81 bits per heavy atom. The van der Waals surface area contributed by atoms with Gasteiger partial charge < -0.3 is 5.32 Å². The summed E-state index contributed by atoms with van der Waals surface area (Å²) in [5.41, 5.74) is 1.79. The zero-order chi connectivity index (χ0) is 11.4. The molecule has 0 atom stereocenters. The minimum Gasteiger partial charge on any atom is -0.369 e. The number of rotatable bonds is 3. The molecule has 16 heavy (non-hydrogen) atoms. The molecule has 0 saturated heterocycles. The summed E-state index contributed by atoms with van der Waals surface area (Å²) in [4.78, 5) is 8.58. The minimum atomic E-state index is 0.700. The van der Waals surface area contributed by atoms with Crippen LogP contribution in [-0.2, 0) is 0 Å². The standard InChI is InChI=1S/C12H12ClN3/c1-2-14-12-11(15-6-7-16-12)9-4-3-5-10(13)8-9/h3-8H,2H2,1H3,(H,14,16). The van der Waals surface area contributed by atoms with Gasteiger partial charge in [-0.15, -0.1) is 0 Å². The van der Waals surface area contributed by atoms with Crippen molar-refractivity contribution in [3.63, 3.8) is 0 Å². The molecule has 1 N–H and O–H groups in total. The third-order valence-electron chi connectivity index (χ3n) is 2.14. The monoisotopic (exact) mass is 233 g/mol. The van der Waals surface area contributed by atoms with Crippen LogP contribution in [0.3, 0.4) is 0 Å². The Morgan fingerprint density at radius 1 is 1.25 bits per heavy atom. The second-order valence-electron chi connectivity index (χ2n) is 3.29. The van der Waals surface area contributed by atoms with Gasteiger partial charge in [0.15, 0.2) is 5.82 Å². The van der Waals surface area contributed by atoms with E-state index in [4.69, 9.17) is 11.6 Å². The molecule has 1 heterocycles. The quantitative estimate of drug-likeness (QED) is 0.885. The lowest BCUT2D eigenvalue weighted by Crippen LogP contribution is -2.02. The van der Waals surface area contributed by atoms with Crippen LogP contribution in [-0.4, -0.2) is 16.5 Å². The van der Waals surface area contributed by atoms with Gasteiger partial charge in [-0.25, -0.2) is 4.98 Å². The van der Waals surface area contributed by atoms with E-state index in [-0.39, 0.29) is 0 Å². The van der Waals surface area contributed by atoms with Crippen molar-refractivity contribution in [1.29, 1.82) is 0 Å². The molecule has 82 valence electrons. The Morgan fingerprint density at radius 2 is 2.06 bits per heavy atom. The summed E-state index contributed by atoms with van der Waals surface area (Å²) in [6.45, 7) is 2.84. The second kappa shape index (κ2) is 4.94. The first-order valence-corrected chi connectivity index (χ1v) is 5.50. The van der Waals surface area contributed by atoms with Gasteiger partial charge in [0.1, 0.15) is 5.69 Å². The zero-order valence-corrected chi connectivity index (χ0v) is 9.70. The molecular weight excluding hydrogens is 222 g/mol. The topological polar surface area (TPSA) is 37.8 Å². The molecule has 2 aromatic rings. The maximum atomic E-state index is 5.96. The first-order chi connectivity index (χ1) is 7.81. The van der Waals surface area contributed by atoms with Gasteiger partial charge in [0.25, 0.3) is 0 Å². The number of halogens is 1. The highest BCUT2D eigenvalue weighted by molar-refractivity contribution is 6.30. The van der Waals surface area contributed by atoms with E-state index in [1.807, 2.05) is 31.2 Å². The van der Waals surface area contributed by atoms with Crippen molar-refractivity contribution in [2.75, 3.05) is 11.9 Å². The molecular formula is C12H12ClN3. The maximum Gasteiger partial charge on any atom is 0.152 e. The van der Waals surface area contributed by atoms with E-state index in [0.717, 1.165) is 23.6 Å². The van der Waals surface area contributed by atoms with Gasteiger partial charge in [-0.3, -0.25) is 4.98 Å². The summed E-state index contributed by atoms with van der Waals surface area (Å²) < 4.78 is 0. The van der Waals surface area contributed by atoms with Crippen molar-refractivity contribution >= 4 is 17.4 Å². The van der Waals surface area contributed by atoms with Crippen LogP contribution in [0, 0.1) is 0 Å². The normalized spacial score (nSPS) is 10.1. The second-order valence-corrected chi connectivity index (χ2v) is 3.73. The van der Waals surface area contributed by atoms with Crippen LogP contribution < -0.4 is 5.32 Å². The Bertz CT molecular complexity index is 485. The van der Waals surface area contributed by atoms with Crippen LogP contribution in [0.5, 0.6) is 0 Å². The van der Waals surface area contributed by atoms with E-state index < -0.39 is 0 Å². The van der Waals surface area contributed by atoms with E-state index in [1.165, 1.54) is 0 Å². The van der Waals surface area contributed by atoms with Crippen LogP contribution in [0.25, 0.3) is 11.3 Å². The van der Waals surface area contributed by atoms with Crippen LogP contribution in [0.2, 0.25) is 5.02 Å². The number of benzene rings is 1. The lowest BCUT2D eigenvalue weighted by Gasteiger charge is -2.08. The van der Waals surface area contributed by atoms with Crippen LogP contribution in [0.1, 0.15) is 6.92 Å². The lowest BCUT2D eigenvalue weighted by molar-refractivity contribution is 1.12. The molecule has 0 saturated carbocycles. The molecule has 1 aromatic heterocycles. The zero-order valence-electron chi connectivity index (χ0n) is 8.94. The van der Waals surface area contributed by atoms with Crippen molar-refractivity contribution in [3.8, 4) is 11.3 Å². The van der Waals surface area contributed by atoms with E-state index in [9.17, 15) is 0 Å². The van der Waals surface area contributed by atoms with E-state index in [0.29, 0.717) is 5.02 Å². The summed E-state index contributed by atoms with van der Waals surface area (Å²) >= 11 is 5.96. The van der Waals surface area contributed by atoms with Gasteiger partial charge in [0.2, 0.25) is 0 Å². The first kappa shape index (κ1) is 10.9. The third kappa shape index (κ3) is 2.31. The molecule has 0 bridgehead atoms. The van der Waals surface area contributed by atoms with Gasteiger partial charge in [-0.05, 0) is 19.1 Å². The Kier molecular flexibility index (Phi) is 3.37. The van der Waals surface area contributed by atoms with Gasteiger partial charge in [0, 0.05) is 29.5 Å². The van der Waals surface area contributed by atoms with Gasteiger partial charge in [0.05, 0.1) is 0 Å². The van der Waals surface area contributed by atoms with E-state index in [1.54, 1.807) is 12.4 Å². The van der Waals surface area contributed by atoms with Gasteiger partial charge >= 0.3 is 0 Å². The largest absolute Gasteiger partial charge is 0.369 e. The molecule has 0 aliphatic heterocycles. The fraction of sp³-hybridized carbons (Fsp3) is 0.167. The van der Waals surface area contributed by atoms with Crippen molar-refractivity contribution in [1.82, 2.24) is 9.97 Å².